The lowest BCUT2D eigenvalue weighted by Gasteiger charge is -2.22. The van der Waals surface area contributed by atoms with E-state index in [9.17, 15) is 9.59 Å². The summed E-state index contributed by atoms with van der Waals surface area (Å²) in [5.41, 5.74) is 0.363. The van der Waals surface area contributed by atoms with Gasteiger partial charge in [-0.3, -0.25) is 14.5 Å². The van der Waals surface area contributed by atoms with Crippen LogP contribution in [0.25, 0.3) is 0 Å². The highest BCUT2D eigenvalue weighted by Gasteiger charge is 2.24. The Labute approximate surface area is 139 Å². The molecule has 1 fully saturated rings. The molecule has 1 aliphatic heterocycles. The summed E-state index contributed by atoms with van der Waals surface area (Å²) < 4.78 is 0. The van der Waals surface area contributed by atoms with Gasteiger partial charge in [-0.2, -0.15) is 0 Å². The van der Waals surface area contributed by atoms with Gasteiger partial charge < -0.3 is 10.6 Å². The Morgan fingerprint density at radius 3 is 2.77 bits per heavy atom. The van der Waals surface area contributed by atoms with Gasteiger partial charge in [0.1, 0.15) is 0 Å². The second kappa shape index (κ2) is 7.81. The first kappa shape index (κ1) is 17.1. The molecule has 1 atom stereocenters. The number of nitrogens with zero attached hydrogens (tertiary/aromatic N) is 1. The number of halogens is 2. The summed E-state index contributed by atoms with van der Waals surface area (Å²) in [6.07, 6.45) is 2.17. The maximum atomic E-state index is 11.9. The molecule has 22 heavy (non-hydrogen) atoms. The van der Waals surface area contributed by atoms with Crippen molar-refractivity contribution < 1.29 is 9.59 Å². The third-order valence-electron chi connectivity index (χ3n) is 3.79. The molecule has 0 unspecified atom stereocenters. The van der Waals surface area contributed by atoms with Crippen molar-refractivity contribution in [2.75, 3.05) is 25.0 Å². The fraction of sp³-hybridized carbons (Fsp3) is 0.467. The van der Waals surface area contributed by atoms with Crippen LogP contribution in [0.5, 0.6) is 0 Å². The molecular formula is C15H19Cl2N3O2. The molecule has 0 spiro atoms. The number of benzene rings is 1. The number of amides is 2. The van der Waals surface area contributed by atoms with Gasteiger partial charge in [0, 0.05) is 17.6 Å². The van der Waals surface area contributed by atoms with E-state index in [1.807, 2.05) is 0 Å². The van der Waals surface area contributed by atoms with Crippen molar-refractivity contribution in [3.05, 3.63) is 28.2 Å². The van der Waals surface area contributed by atoms with Crippen molar-refractivity contribution in [1.82, 2.24) is 10.2 Å². The van der Waals surface area contributed by atoms with Crippen LogP contribution in [0.2, 0.25) is 10.0 Å². The van der Waals surface area contributed by atoms with E-state index in [2.05, 4.69) is 22.5 Å². The molecule has 0 bridgehead atoms. The predicted molar refractivity (Wildman–Crippen MR) is 88.4 cm³/mol. The maximum absolute atomic E-state index is 11.9. The van der Waals surface area contributed by atoms with Crippen LogP contribution in [0.4, 0.5) is 5.69 Å². The second-order valence-electron chi connectivity index (χ2n) is 5.21. The largest absolute Gasteiger partial charge is 0.346 e. The SMILES string of the molecule is CCN1CCC[C@H]1CNC(=O)C(=O)Nc1ccc(Cl)cc1Cl. The molecule has 1 aromatic carbocycles. The van der Waals surface area contributed by atoms with Crippen LogP contribution in [0.3, 0.4) is 0 Å². The lowest BCUT2D eigenvalue weighted by atomic mass is 10.2. The number of hydrogen-bond donors (Lipinski definition) is 2. The van der Waals surface area contributed by atoms with Crippen LogP contribution < -0.4 is 10.6 Å². The summed E-state index contributed by atoms with van der Waals surface area (Å²) in [5.74, 6) is -1.39. The molecule has 0 aromatic heterocycles. The highest BCUT2D eigenvalue weighted by atomic mass is 35.5. The molecule has 1 aromatic rings. The number of hydrogen-bond acceptors (Lipinski definition) is 3. The number of rotatable bonds is 4. The first-order valence-electron chi connectivity index (χ1n) is 7.29. The lowest BCUT2D eigenvalue weighted by Crippen LogP contribution is -2.43. The van der Waals surface area contributed by atoms with Gasteiger partial charge in [0.25, 0.3) is 0 Å². The zero-order chi connectivity index (χ0) is 16.1. The first-order chi connectivity index (χ1) is 10.5. The van der Waals surface area contributed by atoms with Crippen LogP contribution in [0.1, 0.15) is 19.8 Å². The van der Waals surface area contributed by atoms with E-state index in [-0.39, 0.29) is 0 Å². The summed E-state index contributed by atoms with van der Waals surface area (Å²) in [6, 6.07) is 4.97. The van der Waals surface area contributed by atoms with E-state index in [1.165, 1.54) is 6.07 Å². The molecular weight excluding hydrogens is 325 g/mol. The molecule has 2 amide bonds. The van der Waals surface area contributed by atoms with Crippen molar-refractivity contribution >= 4 is 40.7 Å². The Kier molecular flexibility index (Phi) is 6.06. The molecule has 1 saturated heterocycles. The van der Waals surface area contributed by atoms with Crippen molar-refractivity contribution in [2.45, 2.75) is 25.8 Å². The van der Waals surface area contributed by atoms with Crippen LogP contribution in [0, 0.1) is 0 Å². The highest BCUT2D eigenvalue weighted by Crippen LogP contribution is 2.25. The van der Waals surface area contributed by atoms with Gasteiger partial charge in [-0.25, -0.2) is 0 Å². The smallest absolute Gasteiger partial charge is 0.313 e. The number of carbonyl (C=O) groups excluding carboxylic acids is 2. The minimum absolute atomic E-state index is 0.293. The summed E-state index contributed by atoms with van der Waals surface area (Å²) in [7, 11) is 0. The number of carbonyl (C=O) groups is 2. The fourth-order valence-corrected chi connectivity index (χ4v) is 3.06. The van der Waals surface area contributed by atoms with E-state index in [0.717, 1.165) is 25.9 Å². The molecule has 0 saturated carbocycles. The fourth-order valence-electron chi connectivity index (χ4n) is 2.60. The third kappa shape index (κ3) is 4.35. The number of anilines is 1. The van der Waals surface area contributed by atoms with Gasteiger partial charge in [-0.1, -0.05) is 30.1 Å². The summed E-state index contributed by atoms with van der Waals surface area (Å²) >= 11 is 11.7. The molecule has 0 radical (unpaired) electrons. The Balaban J connectivity index is 1.85. The van der Waals surface area contributed by atoms with E-state index >= 15 is 0 Å². The lowest BCUT2D eigenvalue weighted by molar-refractivity contribution is -0.136. The van der Waals surface area contributed by atoms with Gasteiger partial charge in [-0.15, -0.1) is 0 Å². The van der Waals surface area contributed by atoms with E-state index in [1.54, 1.807) is 12.1 Å². The standard InChI is InChI=1S/C15H19Cl2N3O2/c1-2-20-7-3-4-11(20)9-18-14(21)15(22)19-13-6-5-10(16)8-12(13)17/h5-6,8,11H,2-4,7,9H2,1H3,(H,18,21)(H,19,22)/t11-/m0/s1. The normalized spacial score (nSPS) is 18.2. The summed E-state index contributed by atoms with van der Waals surface area (Å²) in [5, 5.41) is 5.92. The molecule has 120 valence electrons. The van der Waals surface area contributed by atoms with Crippen molar-refractivity contribution in [3.63, 3.8) is 0 Å². The molecule has 1 heterocycles. The minimum atomic E-state index is -0.731. The average molecular weight is 344 g/mol. The van der Waals surface area contributed by atoms with E-state index in [4.69, 9.17) is 23.2 Å². The molecule has 0 aliphatic carbocycles. The summed E-state index contributed by atoms with van der Waals surface area (Å²) in [4.78, 5) is 26.0. The minimum Gasteiger partial charge on any atom is -0.346 e. The average Bonchev–Trinajstić information content (AvgIpc) is 2.95. The highest BCUT2D eigenvalue weighted by molar-refractivity contribution is 6.42. The Bertz CT molecular complexity index is 566. The zero-order valence-electron chi connectivity index (χ0n) is 12.4. The first-order valence-corrected chi connectivity index (χ1v) is 8.05. The molecule has 2 rings (SSSR count). The van der Waals surface area contributed by atoms with Gasteiger partial charge in [0.05, 0.1) is 10.7 Å². The van der Waals surface area contributed by atoms with Crippen LogP contribution in [-0.2, 0) is 9.59 Å². The van der Waals surface area contributed by atoms with E-state index < -0.39 is 11.8 Å². The molecule has 5 nitrogen and oxygen atoms in total. The number of likely N-dealkylation sites (tertiary alicyclic amines) is 1. The Hall–Kier alpha value is -1.30. The quantitative estimate of drug-likeness (QED) is 0.825. The van der Waals surface area contributed by atoms with Gasteiger partial charge in [-0.05, 0) is 44.1 Å². The zero-order valence-corrected chi connectivity index (χ0v) is 13.9. The van der Waals surface area contributed by atoms with E-state index in [0.29, 0.717) is 28.3 Å². The van der Waals surface area contributed by atoms with Gasteiger partial charge in [0.2, 0.25) is 0 Å². The topological polar surface area (TPSA) is 61.4 Å². The number of nitrogens with one attached hydrogen (secondary N) is 2. The predicted octanol–water partition coefficient (Wildman–Crippen LogP) is 2.53. The van der Waals surface area contributed by atoms with Crippen LogP contribution >= 0.6 is 23.2 Å². The molecule has 1 aliphatic rings. The van der Waals surface area contributed by atoms with Crippen LogP contribution in [-0.4, -0.2) is 42.4 Å². The van der Waals surface area contributed by atoms with Crippen LogP contribution in [0.15, 0.2) is 18.2 Å². The summed E-state index contributed by atoms with van der Waals surface area (Å²) in [6.45, 7) is 4.57. The molecule has 7 heteroatoms. The monoisotopic (exact) mass is 343 g/mol. The number of likely N-dealkylation sites (N-methyl/N-ethyl adjacent to an activating group) is 1. The maximum Gasteiger partial charge on any atom is 0.313 e. The van der Waals surface area contributed by atoms with Gasteiger partial charge >= 0.3 is 11.8 Å². The van der Waals surface area contributed by atoms with Gasteiger partial charge in [0.15, 0.2) is 0 Å². The second-order valence-corrected chi connectivity index (χ2v) is 6.06. The van der Waals surface area contributed by atoms with Crippen molar-refractivity contribution in [2.24, 2.45) is 0 Å². The van der Waals surface area contributed by atoms with Crippen molar-refractivity contribution in [3.8, 4) is 0 Å². The molecule has 2 N–H and O–H groups in total. The Morgan fingerprint density at radius 2 is 2.09 bits per heavy atom. The third-order valence-corrected chi connectivity index (χ3v) is 4.34. The Morgan fingerprint density at radius 1 is 1.32 bits per heavy atom. The van der Waals surface area contributed by atoms with Crippen molar-refractivity contribution in [1.29, 1.82) is 0 Å².